The maximum atomic E-state index is 14.2. The number of hydrogen-bond acceptors (Lipinski definition) is 24. The molecule has 1 rings (SSSR count). The fourth-order valence-corrected chi connectivity index (χ4v) is 14.0. The molecule has 0 bridgehead atoms. The molecule has 10 unspecified atom stereocenters. The number of carbonyl (C=O) groups is 23. The number of guanidine groups is 1. The maximum absolute atomic E-state index is 14.2. The number of carbonyl (C=O) groups excluding carboxylic acids is 22. The average Bonchev–Trinajstić information content (AvgIpc) is 1.54. The first-order valence-corrected chi connectivity index (χ1v) is 49.7. The lowest BCUT2D eigenvalue weighted by atomic mass is 9.94. The summed E-state index contributed by atoms with van der Waals surface area (Å²) >= 11 is 0. The van der Waals surface area contributed by atoms with E-state index in [0.29, 0.717) is 19.3 Å². The predicted molar refractivity (Wildman–Crippen MR) is 543 cm³/mol. The number of nitrogens with zero attached hydrogens (tertiary/aromatic N) is 1. The second-order valence-electron chi connectivity index (χ2n) is 44.9. The fourth-order valence-electron chi connectivity index (χ4n) is 14.0. The molecule has 146 heavy (non-hydrogen) atoms. The maximum Gasteiger partial charge on any atom is 0.325 e. The van der Waals surface area contributed by atoms with Crippen LogP contribution >= 0.6 is 0 Å². The molecule has 21 amide bonds. The molecule has 0 spiro atoms. The zero-order chi connectivity index (χ0) is 114. The van der Waals surface area contributed by atoms with Gasteiger partial charge in [-0.1, -0.05) is 72.1 Å². The third-order valence-electron chi connectivity index (χ3n) is 24.6. The molecule has 25 N–H and O–H groups in total. The Hall–Kier alpha value is -12.7. The molecular weight excluding hydrogens is 1900 g/mol. The Morgan fingerprint density at radius 1 is 0.315 bits per heavy atom. The van der Waals surface area contributed by atoms with Crippen LogP contribution in [-0.4, -0.2) is 286 Å². The van der Waals surface area contributed by atoms with Crippen molar-refractivity contribution in [1.82, 2.24) is 117 Å². The second kappa shape index (κ2) is 54.1. The van der Waals surface area contributed by atoms with Crippen molar-refractivity contribution in [2.24, 2.45) is 17.6 Å². The van der Waals surface area contributed by atoms with Crippen LogP contribution in [0.1, 0.15) is 332 Å². The number of carboxylic acid groups (broad SMARTS) is 1. The zero-order valence-electron chi connectivity index (χ0n) is 92.2. The van der Waals surface area contributed by atoms with Crippen LogP contribution in [0, 0.1) is 17.2 Å². The van der Waals surface area contributed by atoms with E-state index in [2.05, 4.69) is 119 Å². The van der Waals surface area contributed by atoms with Crippen LogP contribution in [0.3, 0.4) is 0 Å². The average molecular weight is 2070 g/mol. The summed E-state index contributed by atoms with van der Waals surface area (Å²) in [6.45, 7) is 46.7. The first-order valence-electron chi connectivity index (χ1n) is 49.7. The Balaban J connectivity index is 3.03. The van der Waals surface area contributed by atoms with E-state index in [1.165, 1.54) is 238 Å². The second-order valence-corrected chi connectivity index (χ2v) is 44.9. The summed E-state index contributed by atoms with van der Waals surface area (Å²) in [5.74, 6) is -21.1. The molecule has 48 heteroatoms. The summed E-state index contributed by atoms with van der Waals surface area (Å²) in [7, 11) is 0. The molecule has 0 aliphatic carbocycles. The van der Waals surface area contributed by atoms with Crippen LogP contribution in [-0.2, 0) is 110 Å². The summed E-state index contributed by atoms with van der Waals surface area (Å²) in [5, 5.41) is 69.8. The molecule has 0 radical (unpaired) electrons. The SMILES string of the molecule is CCCCCCCCCCCC(=O)C(C)C(=O)N1CCCC1C(=O)NC(C)(C)C(=O)NC(C)(C)C(=O)NC(C)(C)C(=O)NC(C)(C)C(=O)NC(C)C(=O)NC(C)C(=O)NC(C)(C)C(=O)NC(CC(C)C)C(=O)NC(C)C(=O)NC(C)(C)C(=O)NC(C)C(=O)NC(C)C(=O)NC(C)(C)C(=O)NC(CCCNC(=N)N)C(=O)NC(C)(C)C(=O)NC(C)(C)C(=O)NC(C)(C)C(=O)NC(C)(C)C(=O)NC(C)(C)C(=O)NC(C)C(=O)O. The number of unbranched alkanes of at least 4 members (excludes halogenated alkanes) is 8. The van der Waals surface area contributed by atoms with E-state index in [9.17, 15) is 115 Å². The molecule has 1 saturated heterocycles. The topological polar surface area (TPSA) is 719 Å². The van der Waals surface area contributed by atoms with Crippen molar-refractivity contribution in [3.05, 3.63) is 0 Å². The highest BCUT2D eigenvalue weighted by molar-refractivity contribution is 6.07. The van der Waals surface area contributed by atoms with Gasteiger partial charge in [-0.2, -0.15) is 0 Å². The van der Waals surface area contributed by atoms with Crippen molar-refractivity contribution < 1.29 is 115 Å². The summed E-state index contributed by atoms with van der Waals surface area (Å²) in [5.41, 5.74) is -15.8. The van der Waals surface area contributed by atoms with Gasteiger partial charge < -0.3 is 127 Å². The molecule has 10 atom stereocenters. The van der Waals surface area contributed by atoms with Gasteiger partial charge in [0.05, 0.1) is 5.92 Å². The number of nitrogens with one attached hydrogen (secondary N) is 22. The van der Waals surface area contributed by atoms with Crippen molar-refractivity contribution >= 4 is 142 Å². The normalized spacial score (nSPS) is 15.3. The summed E-state index contributed by atoms with van der Waals surface area (Å²) in [6, 6.07) is -12.0. The molecular formula is C98H172N24O24. The fraction of sp³-hybridized carbons (Fsp3) is 0.755. The quantitative estimate of drug-likeness (QED) is 0.0154. The van der Waals surface area contributed by atoms with Gasteiger partial charge in [-0.3, -0.25) is 116 Å². The number of rotatable bonds is 59. The minimum absolute atomic E-state index is 0.00135. The van der Waals surface area contributed by atoms with Gasteiger partial charge in [-0.25, -0.2) is 0 Å². The van der Waals surface area contributed by atoms with E-state index in [1.807, 2.05) is 0 Å². The Morgan fingerprint density at radius 3 is 0.904 bits per heavy atom. The van der Waals surface area contributed by atoms with Gasteiger partial charge in [-0.15, -0.1) is 0 Å². The number of carboxylic acids is 1. The van der Waals surface area contributed by atoms with Crippen LogP contribution in [0.15, 0.2) is 0 Å². The Morgan fingerprint density at radius 2 is 0.582 bits per heavy atom. The molecule has 1 aliphatic rings. The van der Waals surface area contributed by atoms with Crippen molar-refractivity contribution in [2.75, 3.05) is 13.1 Å². The summed E-state index contributed by atoms with van der Waals surface area (Å²) in [4.78, 5) is 315. The van der Waals surface area contributed by atoms with E-state index in [4.69, 9.17) is 11.1 Å². The summed E-state index contributed by atoms with van der Waals surface area (Å²) in [6.07, 6.45) is 10.6. The van der Waals surface area contributed by atoms with Gasteiger partial charge in [0, 0.05) is 19.5 Å². The lowest BCUT2D eigenvalue weighted by Gasteiger charge is -2.37. The number of hydrogen-bond donors (Lipinski definition) is 24. The van der Waals surface area contributed by atoms with Gasteiger partial charge in [0.15, 0.2) is 5.96 Å². The standard InChI is InChI=1S/C98H172N24O24/c1-35-36-37-38-39-40-41-42-43-48-63(123)53(4)72(132)122-50-45-47-62(122)71(131)114-93(23,24)80(141)118-97(31,32)84(145)119-94(25,26)81(142)115-90(17,18)75(136)106-55(6)65(125)103-57(8)67(127)112-89(15,16)78(139)109-61(51-52(2)3)69(129)104-58(9)68(128)110-87(11,12)74(135)105-54(5)64(124)102-56(7)66(126)111-88(13,14)77(138)108-60(46-44-49-101-86(99)100)70(130)113-92(21,22)79(140)117-96(29,30)83(144)121-98(33,34)85(146)120-95(27,28)82(143)116-91(19,20)76(137)107-59(10)73(133)134/h52-62H,35-51H2,1-34H3,(H,102,124)(H,103,125)(H,104,129)(H,105,135)(H,106,136)(H,107,137)(H,108,138)(H,109,139)(H,110,128)(H,111,126)(H,112,127)(H,113,130)(H,114,131)(H,115,142)(H,116,143)(H,117,140)(H,118,141)(H,119,145)(H,120,146)(H,121,144)(H,133,134)(H4,99,100,101). The van der Waals surface area contributed by atoms with Crippen LogP contribution < -0.4 is 117 Å². The largest absolute Gasteiger partial charge is 0.480 e. The van der Waals surface area contributed by atoms with Gasteiger partial charge in [0.25, 0.3) is 0 Å². The van der Waals surface area contributed by atoms with Crippen molar-refractivity contribution in [2.45, 2.75) is 453 Å². The monoisotopic (exact) mass is 2070 g/mol. The van der Waals surface area contributed by atoms with Gasteiger partial charge in [0.1, 0.15) is 127 Å². The third-order valence-corrected chi connectivity index (χ3v) is 24.6. The third kappa shape index (κ3) is 41.7. The van der Waals surface area contributed by atoms with Crippen LogP contribution in [0.5, 0.6) is 0 Å². The lowest BCUT2D eigenvalue weighted by Crippen LogP contribution is -2.69. The Kier molecular flexibility index (Phi) is 48.6. The summed E-state index contributed by atoms with van der Waals surface area (Å²) < 4.78 is 0. The number of likely N-dealkylation sites (tertiary alicyclic amines) is 1. The predicted octanol–water partition coefficient (Wildman–Crippen LogP) is -0.767. The minimum Gasteiger partial charge on any atom is -0.480 e. The molecule has 48 nitrogen and oxygen atoms in total. The molecule has 0 aromatic carbocycles. The highest BCUT2D eigenvalue weighted by atomic mass is 16.4. The number of nitrogens with two attached hydrogens (primary N) is 1. The van der Waals surface area contributed by atoms with E-state index in [0.717, 1.165) is 25.7 Å². The first kappa shape index (κ1) is 131. The van der Waals surface area contributed by atoms with E-state index in [-0.39, 0.29) is 50.5 Å². The van der Waals surface area contributed by atoms with Crippen molar-refractivity contribution in [3.8, 4) is 0 Å². The molecule has 1 fully saturated rings. The van der Waals surface area contributed by atoms with Gasteiger partial charge in [-0.05, 0) is 259 Å². The molecule has 1 heterocycles. The molecule has 0 aromatic rings. The van der Waals surface area contributed by atoms with Gasteiger partial charge >= 0.3 is 5.97 Å². The molecule has 0 aromatic heterocycles. The molecule has 0 saturated carbocycles. The van der Waals surface area contributed by atoms with E-state index >= 15 is 0 Å². The van der Waals surface area contributed by atoms with Crippen molar-refractivity contribution in [3.63, 3.8) is 0 Å². The van der Waals surface area contributed by atoms with Gasteiger partial charge in [0.2, 0.25) is 124 Å². The van der Waals surface area contributed by atoms with Crippen LogP contribution in [0.2, 0.25) is 0 Å². The molecule has 1 aliphatic heterocycles. The Bertz CT molecular complexity index is 4780. The highest BCUT2D eigenvalue weighted by Gasteiger charge is 2.50. The smallest absolute Gasteiger partial charge is 0.325 e. The van der Waals surface area contributed by atoms with E-state index in [1.54, 1.807) is 20.8 Å². The molecule has 828 valence electrons. The number of Topliss-reactive ketones (excluding diaryl/α,β-unsaturated/α-hetero) is 1. The first-order chi connectivity index (χ1) is 66.2. The highest BCUT2D eigenvalue weighted by Crippen LogP contribution is 2.26. The van der Waals surface area contributed by atoms with E-state index < -0.39 is 263 Å². The zero-order valence-corrected chi connectivity index (χ0v) is 92.2. The number of aliphatic carboxylic acids is 1. The van der Waals surface area contributed by atoms with Crippen LogP contribution in [0.4, 0.5) is 0 Å². The lowest BCUT2D eigenvalue weighted by molar-refractivity contribution is -0.146. The number of amides is 21. The Labute approximate surface area is 858 Å². The number of ketones is 1. The van der Waals surface area contributed by atoms with Crippen molar-refractivity contribution in [1.29, 1.82) is 5.41 Å². The van der Waals surface area contributed by atoms with Crippen LogP contribution in [0.25, 0.3) is 0 Å². The minimum atomic E-state index is -1.86.